The fraction of sp³-hybridized carbons (Fsp3) is 0.364. The van der Waals surface area contributed by atoms with E-state index in [0.29, 0.717) is 5.56 Å². The lowest BCUT2D eigenvalue weighted by Crippen LogP contribution is -2.03. The molecule has 0 bridgehead atoms. The Labute approximate surface area is 82.5 Å². The smallest absolute Gasteiger partial charge is 0.169 e. The van der Waals surface area contributed by atoms with E-state index in [4.69, 9.17) is 5.73 Å². The van der Waals surface area contributed by atoms with Crippen LogP contribution in [0, 0.1) is 12.8 Å². The summed E-state index contributed by atoms with van der Waals surface area (Å²) in [7, 11) is 0. The summed E-state index contributed by atoms with van der Waals surface area (Å²) in [5.41, 5.74) is 7.15. The molecule has 3 N–H and O–H groups in total. The molecule has 0 heterocycles. The zero-order chi connectivity index (χ0) is 10.3. The molecule has 1 aromatic rings. The molecule has 0 radical (unpaired) electrons. The molecule has 0 amide bonds. The molecule has 1 aromatic carbocycles. The lowest BCUT2D eigenvalue weighted by Gasteiger charge is -2.06. The van der Waals surface area contributed by atoms with E-state index in [9.17, 15) is 9.90 Å². The lowest BCUT2D eigenvalue weighted by atomic mass is 10.0. The van der Waals surface area contributed by atoms with E-state index in [0.717, 1.165) is 18.4 Å². The number of carbonyl (C=O) groups is 1. The molecule has 0 saturated heterocycles. The maximum absolute atomic E-state index is 11.7. The van der Waals surface area contributed by atoms with Gasteiger partial charge in [-0.2, -0.15) is 0 Å². The van der Waals surface area contributed by atoms with Crippen LogP contribution in [0.4, 0.5) is 5.69 Å². The maximum Gasteiger partial charge on any atom is 0.169 e. The van der Waals surface area contributed by atoms with E-state index < -0.39 is 0 Å². The molecular formula is C11H13NO2. The number of anilines is 1. The standard InChI is InChI=1S/C11H13NO2/c1-6-4-8(10(13)7-2-3-7)11(14)9(12)5-6/h4-5,7,14H,2-3,12H2,1H3. The van der Waals surface area contributed by atoms with Gasteiger partial charge in [0.05, 0.1) is 11.3 Å². The van der Waals surface area contributed by atoms with Crippen LogP contribution in [-0.2, 0) is 0 Å². The van der Waals surface area contributed by atoms with Crippen LogP contribution in [-0.4, -0.2) is 10.9 Å². The number of benzene rings is 1. The minimum Gasteiger partial charge on any atom is -0.505 e. The van der Waals surface area contributed by atoms with Crippen molar-refractivity contribution in [3.63, 3.8) is 0 Å². The number of aryl methyl sites for hydroxylation is 1. The summed E-state index contributed by atoms with van der Waals surface area (Å²) in [5.74, 6) is 0.0764. The Morgan fingerprint density at radius 3 is 2.71 bits per heavy atom. The van der Waals surface area contributed by atoms with Crippen LogP contribution >= 0.6 is 0 Å². The monoisotopic (exact) mass is 191 g/mol. The summed E-state index contributed by atoms with van der Waals surface area (Å²) in [6, 6.07) is 3.37. The number of rotatable bonds is 2. The zero-order valence-electron chi connectivity index (χ0n) is 8.08. The molecule has 3 nitrogen and oxygen atoms in total. The van der Waals surface area contributed by atoms with E-state index in [2.05, 4.69) is 0 Å². The first-order valence-corrected chi connectivity index (χ1v) is 4.73. The first-order valence-electron chi connectivity index (χ1n) is 4.73. The Morgan fingerprint density at radius 1 is 1.50 bits per heavy atom. The van der Waals surface area contributed by atoms with Crippen LogP contribution in [0.2, 0.25) is 0 Å². The molecule has 0 spiro atoms. The Bertz CT molecular complexity index is 395. The van der Waals surface area contributed by atoms with E-state index >= 15 is 0 Å². The number of Topliss-reactive ketones (excluding diaryl/α,β-unsaturated/α-hetero) is 1. The van der Waals surface area contributed by atoms with Crippen molar-refractivity contribution < 1.29 is 9.90 Å². The summed E-state index contributed by atoms with van der Waals surface area (Å²) < 4.78 is 0. The number of hydrogen-bond acceptors (Lipinski definition) is 3. The van der Waals surface area contributed by atoms with Crippen LogP contribution in [0.15, 0.2) is 12.1 Å². The van der Waals surface area contributed by atoms with Crippen molar-refractivity contribution in [2.24, 2.45) is 5.92 Å². The Kier molecular flexibility index (Phi) is 1.95. The predicted molar refractivity (Wildman–Crippen MR) is 54.3 cm³/mol. The van der Waals surface area contributed by atoms with Crippen molar-refractivity contribution in [2.45, 2.75) is 19.8 Å². The molecule has 2 rings (SSSR count). The molecule has 1 aliphatic rings. The van der Waals surface area contributed by atoms with Gasteiger partial charge in [-0.1, -0.05) is 0 Å². The second-order valence-electron chi connectivity index (χ2n) is 3.89. The molecule has 74 valence electrons. The number of carbonyl (C=O) groups excluding carboxylic acids is 1. The third kappa shape index (κ3) is 1.45. The van der Waals surface area contributed by atoms with Crippen molar-refractivity contribution in [3.05, 3.63) is 23.3 Å². The number of phenols is 1. The number of hydrogen-bond donors (Lipinski definition) is 2. The summed E-state index contributed by atoms with van der Waals surface area (Å²) in [6.45, 7) is 1.86. The van der Waals surface area contributed by atoms with Crippen LogP contribution in [0.3, 0.4) is 0 Å². The van der Waals surface area contributed by atoms with E-state index in [1.807, 2.05) is 6.92 Å². The number of ketones is 1. The van der Waals surface area contributed by atoms with E-state index in [-0.39, 0.29) is 23.1 Å². The van der Waals surface area contributed by atoms with Crippen molar-refractivity contribution in [1.29, 1.82) is 0 Å². The zero-order valence-corrected chi connectivity index (χ0v) is 8.08. The maximum atomic E-state index is 11.7. The fourth-order valence-electron chi connectivity index (χ4n) is 1.56. The van der Waals surface area contributed by atoms with Gasteiger partial charge in [0.1, 0.15) is 5.75 Å². The average molecular weight is 191 g/mol. The molecule has 1 aliphatic carbocycles. The minimum atomic E-state index is -0.0625. The van der Waals surface area contributed by atoms with Crippen LogP contribution in [0.1, 0.15) is 28.8 Å². The highest BCUT2D eigenvalue weighted by Gasteiger charge is 2.32. The van der Waals surface area contributed by atoms with Gasteiger partial charge in [0, 0.05) is 5.92 Å². The highest BCUT2D eigenvalue weighted by Crippen LogP contribution is 2.37. The van der Waals surface area contributed by atoms with Crippen LogP contribution in [0.25, 0.3) is 0 Å². The van der Waals surface area contributed by atoms with Gasteiger partial charge in [0.15, 0.2) is 5.78 Å². The first-order chi connectivity index (χ1) is 6.59. The average Bonchev–Trinajstić information content (AvgIpc) is 2.93. The van der Waals surface area contributed by atoms with Gasteiger partial charge >= 0.3 is 0 Å². The second kappa shape index (κ2) is 3.01. The van der Waals surface area contributed by atoms with Crippen molar-refractivity contribution in [3.8, 4) is 5.75 Å². The number of phenolic OH excluding ortho intramolecular Hbond substituents is 1. The van der Waals surface area contributed by atoms with Gasteiger partial charge in [-0.3, -0.25) is 4.79 Å². The molecule has 3 heteroatoms. The predicted octanol–water partition coefficient (Wildman–Crippen LogP) is 1.88. The molecule has 0 atom stereocenters. The molecule has 1 saturated carbocycles. The molecular weight excluding hydrogens is 178 g/mol. The number of nitrogens with two attached hydrogens (primary N) is 1. The van der Waals surface area contributed by atoms with Crippen LogP contribution in [0.5, 0.6) is 5.75 Å². The van der Waals surface area contributed by atoms with E-state index in [1.54, 1.807) is 12.1 Å². The van der Waals surface area contributed by atoms with E-state index in [1.165, 1.54) is 0 Å². The Hall–Kier alpha value is -1.51. The van der Waals surface area contributed by atoms with Crippen molar-refractivity contribution in [1.82, 2.24) is 0 Å². The molecule has 1 fully saturated rings. The largest absolute Gasteiger partial charge is 0.505 e. The summed E-state index contributed by atoms with van der Waals surface area (Å²) in [6.07, 6.45) is 1.87. The van der Waals surface area contributed by atoms with Gasteiger partial charge in [-0.15, -0.1) is 0 Å². The molecule has 0 aliphatic heterocycles. The number of nitrogen functional groups attached to an aromatic ring is 1. The van der Waals surface area contributed by atoms with Gasteiger partial charge in [0.25, 0.3) is 0 Å². The van der Waals surface area contributed by atoms with Gasteiger partial charge in [0.2, 0.25) is 0 Å². The highest BCUT2D eigenvalue weighted by molar-refractivity contribution is 6.03. The minimum absolute atomic E-state index is 0.0258. The first kappa shape index (κ1) is 9.06. The second-order valence-corrected chi connectivity index (χ2v) is 3.89. The summed E-state index contributed by atoms with van der Waals surface area (Å²) >= 11 is 0. The molecule has 0 aromatic heterocycles. The lowest BCUT2D eigenvalue weighted by molar-refractivity contribution is 0.0965. The van der Waals surface area contributed by atoms with Crippen molar-refractivity contribution in [2.75, 3.05) is 5.73 Å². The molecule has 14 heavy (non-hydrogen) atoms. The van der Waals surface area contributed by atoms with Gasteiger partial charge in [-0.25, -0.2) is 0 Å². The normalized spacial score (nSPS) is 15.5. The highest BCUT2D eigenvalue weighted by atomic mass is 16.3. The SMILES string of the molecule is Cc1cc(N)c(O)c(C(=O)C2CC2)c1. The van der Waals surface area contributed by atoms with Gasteiger partial charge < -0.3 is 10.8 Å². The third-order valence-corrected chi connectivity index (χ3v) is 2.50. The van der Waals surface area contributed by atoms with Crippen LogP contribution < -0.4 is 5.73 Å². The Morgan fingerprint density at radius 2 is 2.14 bits per heavy atom. The Balaban J connectivity index is 2.45. The van der Waals surface area contributed by atoms with Crippen molar-refractivity contribution >= 4 is 11.5 Å². The fourth-order valence-corrected chi connectivity index (χ4v) is 1.56. The summed E-state index contributed by atoms with van der Waals surface area (Å²) in [4.78, 5) is 11.7. The molecule has 0 unspecified atom stereocenters. The third-order valence-electron chi connectivity index (χ3n) is 2.50. The topological polar surface area (TPSA) is 63.3 Å². The van der Waals surface area contributed by atoms with Gasteiger partial charge in [-0.05, 0) is 37.5 Å². The quantitative estimate of drug-likeness (QED) is 0.426. The summed E-state index contributed by atoms with van der Waals surface area (Å²) in [5, 5.41) is 9.62. The number of aromatic hydroxyl groups is 1.